The molecule has 0 spiro atoms. The van der Waals surface area contributed by atoms with Gasteiger partial charge in [0.15, 0.2) is 11.5 Å². The predicted octanol–water partition coefficient (Wildman–Crippen LogP) is 4.13. The molecule has 4 nitrogen and oxygen atoms in total. The van der Waals surface area contributed by atoms with Crippen molar-refractivity contribution >= 4 is 56.7 Å². The molecular formula is C15H22Br2Cl2N2O2. The molecule has 23 heavy (non-hydrogen) atoms. The summed E-state index contributed by atoms with van der Waals surface area (Å²) in [5.41, 5.74) is 1.21. The molecule has 8 heteroatoms. The molecule has 1 aliphatic heterocycles. The Morgan fingerprint density at radius 3 is 2.35 bits per heavy atom. The van der Waals surface area contributed by atoms with Gasteiger partial charge in [-0.3, -0.25) is 4.90 Å². The van der Waals surface area contributed by atoms with Gasteiger partial charge in [-0.1, -0.05) is 0 Å². The van der Waals surface area contributed by atoms with Gasteiger partial charge in [-0.05, 0) is 62.2 Å². The zero-order chi connectivity index (χ0) is 15.0. The van der Waals surface area contributed by atoms with Crippen LogP contribution in [0.25, 0.3) is 0 Å². The maximum atomic E-state index is 10.1. The molecular weight excluding hydrogens is 471 g/mol. The molecule has 1 saturated carbocycles. The van der Waals surface area contributed by atoms with Crippen molar-refractivity contribution in [3.63, 3.8) is 0 Å². The number of nitrogens with zero attached hydrogens (tertiary/aromatic N) is 1. The van der Waals surface area contributed by atoms with Crippen LogP contribution >= 0.6 is 56.7 Å². The molecule has 132 valence electrons. The smallest absolute Gasteiger partial charge is 0.173 e. The molecule has 0 aromatic heterocycles. The van der Waals surface area contributed by atoms with Crippen LogP contribution in [0.15, 0.2) is 15.0 Å². The second kappa shape index (κ2) is 9.11. The molecule has 0 bridgehead atoms. The van der Waals surface area contributed by atoms with E-state index in [9.17, 15) is 5.11 Å². The molecule has 2 fully saturated rings. The summed E-state index contributed by atoms with van der Waals surface area (Å²) in [6, 6.07) is 2.38. The van der Waals surface area contributed by atoms with Crippen molar-refractivity contribution in [3.05, 3.63) is 20.6 Å². The molecule has 0 unspecified atom stereocenters. The lowest BCUT2D eigenvalue weighted by Gasteiger charge is -2.36. The summed E-state index contributed by atoms with van der Waals surface area (Å²) in [4.78, 5) is 2.55. The fourth-order valence-electron chi connectivity index (χ4n) is 3.10. The van der Waals surface area contributed by atoms with Crippen LogP contribution in [-0.2, 0) is 0 Å². The van der Waals surface area contributed by atoms with E-state index >= 15 is 0 Å². The van der Waals surface area contributed by atoms with E-state index in [0.717, 1.165) is 30.7 Å². The van der Waals surface area contributed by atoms with Crippen LogP contribution in [0.4, 0.5) is 0 Å². The van der Waals surface area contributed by atoms with E-state index < -0.39 is 0 Å². The van der Waals surface area contributed by atoms with E-state index in [2.05, 4.69) is 42.1 Å². The van der Waals surface area contributed by atoms with Crippen molar-refractivity contribution in [2.45, 2.75) is 18.9 Å². The van der Waals surface area contributed by atoms with Crippen LogP contribution in [0, 0.1) is 5.92 Å². The van der Waals surface area contributed by atoms with Crippen molar-refractivity contribution in [1.29, 1.82) is 0 Å². The van der Waals surface area contributed by atoms with Crippen LogP contribution in [0.2, 0.25) is 0 Å². The van der Waals surface area contributed by atoms with E-state index in [4.69, 9.17) is 4.74 Å². The maximum absolute atomic E-state index is 10.1. The quantitative estimate of drug-likeness (QED) is 0.663. The number of aromatic hydroxyl groups is 1. The highest BCUT2D eigenvalue weighted by atomic mass is 79.9. The van der Waals surface area contributed by atoms with E-state index in [0.29, 0.717) is 22.2 Å². The zero-order valence-corrected chi connectivity index (χ0v) is 17.7. The van der Waals surface area contributed by atoms with Crippen LogP contribution < -0.4 is 10.1 Å². The van der Waals surface area contributed by atoms with Crippen LogP contribution in [0.5, 0.6) is 11.5 Å². The highest BCUT2D eigenvalue weighted by Crippen LogP contribution is 2.51. The van der Waals surface area contributed by atoms with E-state index in [1.165, 1.54) is 18.4 Å². The Morgan fingerprint density at radius 1 is 1.22 bits per heavy atom. The number of benzene rings is 1. The lowest BCUT2D eigenvalue weighted by Crippen LogP contribution is -2.45. The van der Waals surface area contributed by atoms with E-state index in [-0.39, 0.29) is 30.6 Å². The van der Waals surface area contributed by atoms with Gasteiger partial charge >= 0.3 is 0 Å². The van der Waals surface area contributed by atoms with Gasteiger partial charge in [0.05, 0.1) is 11.6 Å². The average Bonchev–Trinajstić information content (AvgIpc) is 3.33. The first-order valence-corrected chi connectivity index (χ1v) is 8.91. The Balaban J connectivity index is 0.00000132. The third kappa shape index (κ3) is 4.47. The van der Waals surface area contributed by atoms with Gasteiger partial charge in [-0.2, -0.15) is 0 Å². The Bertz CT molecular complexity index is 539. The molecule has 0 amide bonds. The summed E-state index contributed by atoms with van der Waals surface area (Å²) >= 11 is 7.13. The Hall–Kier alpha value is 0.280. The van der Waals surface area contributed by atoms with Crippen LogP contribution in [0.3, 0.4) is 0 Å². The normalized spacial score (nSPS) is 19.4. The van der Waals surface area contributed by atoms with Crippen molar-refractivity contribution in [2.75, 3.05) is 33.3 Å². The molecule has 1 heterocycles. The minimum Gasteiger partial charge on any atom is -0.503 e. The third-order valence-corrected chi connectivity index (χ3v) is 6.48. The van der Waals surface area contributed by atoms with Crippen molar-refractivity contribution in [3.8, 4) is 11.5 Å². The van der Waals surface area contributed by atoms with Gasteiger partial charge in [-0.25, -0.2) is 0 Å². The van der Waals surface area contributed by atoms with Gasteiger partial charge in [0.2, 0.25) is 0 Å². The molecule has 2 N–H and O–H groups in total. The van der Waals surface area contributed by atoms with Gasteiger partial charge < -0.3 is 15.2 Å². The summed E-state index contributed by atoms with van der Waals surface area (Å²) in [5.74, 6) is 1.39. The molecule has 0 radical (unpaired) electrons. The Morgan fingerprint density at radius 2 is 1.83 bits per heavy atom. The number of piperazine rings is 1. The first-order chi connectivity index (χ1) is 10.1. The number of nitrogens with one attached hydrogen (secondary N) is 1. The first-order valence-electron chi connectivity index (χ1n) is 7.33. The minimum atomic E-state index is 0. The molecule has 1 atom stereocenters. The molecule has 2 aliphatic rings. The lowest BCUT2D eigenvalue weighted by atomic mass is 9.99. The van der Waals surface area contributed by atoms with Crippen molar-refractivity contribution in [1.82, 2.24) is 10.2 Å². The second-order valence-corrected chi connectivity index (χ2v) is 7.30. The number of phenols is 1. The lowest BCUT2D eigenvalue weighted by molar-refractivity contribution is 0.155. The molecule has 1 aromatic carbocycles. The standard InChI is InChI=1S/C15H20Br2N2O2.2ClH/c1-21-11-8-10(12(16)13(17)15(11)20)14(9-2-3-9)19-6-4-18-5-7-19;;/h8-9,14,18,20H,2-7H2,1H3;2*1H/t14-;;/m1../s1. The number of phenolic OH excluding ortho intramolecular Hbond substituents is 1. The minimum absolute atomic E-state index is 0. The highest BCUT2D eigenvalue weighted by Gasteiger charge is 2.38. The number of hydrogen-bond acceptors (Lipinski definition) is 4. The number of halogens is 4. The predicted molar refractivity (Wildman–Crippen MR) is 104 cm³/mol. The summed E-state index contributed by atoms with van der Waals surface area (Å²) in [6.45, 7) is 4.21. The van der Waals surface area contributed by atoms with Gasteiger partial charge in [0.25, 0.3) is 0 Å². The summed E-state index contributed by atoms with van der Waals surface area (Å²) in [7, 11) is 1.59. The van der Waals surface area contributed by atoms with Crippen LogP contribution in [0.1, 0.15) is 24.4 Å². The zero-order valence-electron chi connectivity index (χ0n) is 12.8. The largest absolute Gasteiger partial charge is 0.503 e. The highest BCUT2D eigenvalue weighted by molar-refractivity contribution is 9.13. The number of methoxy groups -OCH3 is 1. The molecule has 1 saturated heterocycles. The summed E-state index contributed by atoms with van der Waals surface area (Å²) in [5, 5.41) is 13.5. The summed E-state index contributed by atoms with van der Waals surface area (Å²) < 4.78 is 6.95. The maximum Gasteiger partial charge on any atom is 0.173 e. The van der Waals surface area contributed by atoms with Gasteiger partial charge in [0, 0.05) is 36.7 Å². The van der Waals surface area contributed by atoms with Crippen molar-refractivity contribution in [2.24, 2.45) is 5.92 Å². The molecule has 1 aromatic rings. The SMILES string of the molecule is COc1cc([C@@H](C2CC2)N2CCNCC2)c(Br)c(Br)c1O.Cl.Cl. The number of ether oxygens (including phenoxy) is 1. The molecule has 3 rings (SSSR count). The van der Waals surface area contributed by atoms with E-state index in [1.807, 2.05) is 6.07 Å². The Kier molecular flexibility index (Phi) is 8.45. The van der Waals surface area contributed by atoms with Crippen LogP contribution in [-0.4, -0.2) is 43.3 Å². The summed E-state index contributed by atoms with van der Waals surface area (Å²) in [6.07, 6.45) is 2.56. The number of hydrogen-bond donors (Lipinski definition) is 2. The fraction of sp³-hybridized carbons (Fsp3) is 0.600. The first kappa shape index (κ1) is 21.3. The molecule has 1 aliphatic carbocycles. The van der Waals surface area contributed by atoms with Gasteiger partial charge in [-0.15, -0.1) is 24.8 Å². The topological polar surface area (TPSA) is 44.7 Å². The van der Waals surface area contributed by atoms with E-state index in [1.54, 1.807) is 7.11 Å². The monoisotopic (exact) mass is 490 g/mol. The third-order valence-electron chi connectivity index (χ3n) is 4.33. The fourth-order valence-corrected chi connectivity index (χ4v) is 4.06. The second-order valence-electron chi connectivity index (χ2n) is 5.71. The number of rotatable bonds is 4. The van der Waals surface area contributed by atoms with Gasteiger partial charge in [0.1, 0.15) is 0 Å². The average molecular weight is 493 g/mol. The van der Waals surface area contributed by atoms with Crippen molar-refractivity contribution < 1.29 is 9.84 Å². The Labute approximate surface area is 166 Å².